The van der Waals surface area contributed by atoms with Crippen LogP contribution in [0.25, 0.3) is 0 Å². The SMILES string of the molecule is CCC(OC)(OC)N(C)C.CCC(OC)=[N+](C)C.CO.COS(=O)(=O)[O-].C[O-].[CH3-].[CH3-].[I][V]([I])[I].[I][V][I].[Na+]. The molecule has 0 unspecified atom stereocenters. The molecule has 0 saturated carbocycles. The van der Waals surface area contributed by atoms with E-state index in [9.17, 15) is 13.0 Å². The van der Waals surface area contributed by atoms with Gasteiger partial charge in [0.05, 0.1) is 20.6 Å². The molecule has 0 bridgehead atoms. The van der Waals surface area contributed by atoms with Gasteiger partial charge < -0.3 is 43.8 Å². The Labute approximate surface area is 323 Å². The fourth-order valence-electron chi connectivity index (χ4n) is 1.70. The molecule has 20 heteroatoms. The summed E-state index contributed by atoms with van der Waals surface area (Å²) in [6.45, 7) is 4.09. The number of halogens is 5. The van der Waals surface area contributed by atoms with Crippen LogP contribution in [0.5, 0.6) is 0 Å². The largest absolute Gasteiger partial charge is 1.00 e. The predicted octanol–water partition coefficient (Wildman–Crippen LogP) is 1.62. The van der Waals surface area contributed by atoms with Gasteiger partial charge in [0, 0.05) is 27.8 Å². The standard InChI is InChI=1S/C7H17NO2.C6H14NO.CH4O4S.CH4O.CH3O.2CH3.5HI.Na.2V/c1-6-7(9-4,10-5)8(2)3;1-5-6(8-4)7(2)3;1-5-6(2,3)4;2*1-2;;;;;;;;;;/h6H2,1-5H3;5H2,1-4H3;1H3,(H,2,3,4);2H,1H3;1H3;2*1H3;5*1H;;;/q;+1;;;3*-1;;;;;;+1;+2;+3/p-6. The number of nitrogens with zero attached hydrogens (tertiary/aromatic N) is 2. The molecule has 0 aliphatic carbocycles. The van der Waals surface area contributed by atoms with Crippen molar-refractivity contribution in [2.75, 3.05) is 70.8 Å². The maximum absolute atomic E-state index is 9.22. The zero-order chi connectivity index (χ0) is 30.3. The summed E-state index contributed by atoms with van der Waals surface area (Å²) in [6.07, 6.45) is 1.77. The van der Waals surface area contributed by atoms with Gasteiger partial charge in [0.2, 0.25) is 16.3 Å². The Morgan fingerprint density at radius 1 is 1.00 bits per heavy atom. The molecule has 0 fully saturated rings. The molecule has 0 aromatic heterocycles. The quantitative estimate of drug-likeness (QED) is 0.0481. The van der Waals surface area contributed by atoms with Crippen LogP contribution in [0.2, 0.25) is 0 Å². The normalized spacial score (nSPS) is 8.58. The maximum atomic E-state index is 9.22. The summed E-state index contributed by atoms with van der Waals surface area (Å²) in [5.74, 6) is 0.477. The minimum atomic E-state index is -4.41. The van der Waals surface area contributed by atoms with E-state index in [-0.39, 0.29) is 49.3 Å². The summed E-state index contributed by atoms with van der Waals surface area (Å²) < 4.78 is 48.4. The molecular weight excluding hydrogens is 1180 g/mol. The molecule has 0 atom stereocenters. The topological polar surface area (TPSA) is 144 Å². The van der Waals surface area contributed by atoms with Gasteiger partial charge in [0.15, 0.2) is 0 Å². The molecule has 38 heavy (non-hydrogen) atoms. The van der Waals surface area contributed by atoms with Gasteiger partial charge in [-0.1, -0.05) is 13.8 Å². The first kappa shape index (κ1) is 69.6. The maximum Gasteiger partial charge on any atom is 1.00 e. The molecule has 0 amide bonds. The molecular formula is C18H47I5N2NaO9SV2-2. The van der Waals surface area contributed by atoms with Crippen LogP contribution in [0.4, 0.5) is 0 Å². The van der Waals surface area contributed by atoms with E-state index in [1.54, 1.807) is 21.3 Å². The molecule has 0 aromatic carbocycles. The number of ether oxygens (including phenoxy) is 3. The van der Waals surface area contributed by atoms with Crippen LogP contribution in [-0.2, 0) is 43.2 Å². The molecule has 237 valence electrons. The van der Waals surface area contributed by atoms with Crippen LogP contribution in [0.3, 0.4) is 0 Å². The van der Waals surface area contributed by atoms with Crippen LogP contribution in [0, 0.1) is 14.9 Å². The zero-order valence-electron chi connectivity index (χ0n) is 25.2. The van der Waals surface area contributed by atoms with Gasteiger partial charge in [0.1, 0.15) is 14.1 Å². The van der Waals surface area contributed by atoms with E-state index in [1.807, 2.05) is 44.6 Å². The van der Waals surface area contributed by atoms with Crippen LogP contribution < -0.4 is 34.7 Å². The van der Waals surface area contributed by atoms with E-state index in [0.717, 1.165) is 40.1 Å². The van der Waals surface area contributed by atoms with Gasteiger partial charge in [-0.15, -0.1) is 0 Å². The van der Waals surface area contributed by atoms with Gasteiger partial charge >= 0.3 is 150 Å². The summed E-state index contributed by atoms with van der Waals surface area (Å²) in [7, 11) is 11.6. The van der Waals surface area contributed by atoms with Gasteiger partial charge in [-0.05, 0) is 14.1 Å². The van der Waals surface area contributed by atoms with Crippen LogP contribution >= 0.6 is 99.9 Å². The predicted molar refractivity (Wildman–Crippen MR) is 189 cm³/mol. The average Bonchev–Trinajstić information content (AvgIpc) is 2.79. The molecule has 0 radical (unpaired) electrons. The van der Waals surface area contributed by atoms with E-state index < -0.39 is 16.3 Å². The number of hydrogen-bond acceptors (Lipinski definition) is 10. The number of methoxy groups -OCH3 is 3. The van der Waals surface area contributed by atoms with E-state index >= 15 is 0 Å². The van der Waals surface area contributed by atoms with E-state index in [0.29, 0.717) is 9.47 Å². The molecule has 0 saturated heterocycles. The first-order valence-electron chi connectivity index (χ1n) is 8.97. The molecule has 0 aliphatic heterocycles. The molecule has 0 aromatic rings. The molecule has 0 rings (SSSR count). The fraction of sp³-hybridized carbons (Fsp3) is 0.833. The van der Waals surface area contributed by atoms with Crippen LogP contribution in [0.15, 0.2) is 0 Å². The third kappa shape index (κ3) is 68.2. The van der Waals surface area contributed by atoms with Crippen molar-refractivity contribution in [3.63, 3.8) is 0 Å². The summed E-state index contributed by atoms with van der Waals surface area (Å²) in [6, 6.07) is 0. The summed E-state index contributed by atoms with van der Waals surface area (Å²) >= 11 is 12.1. The fourth-order valence-corrected chi connectivity index (χ4v) is 1.70. The minimum Gasteiger partial charge on any atom is 1.00 e. The van der Waals surface area contributed by atoms with E-state index in [2.05, 4.69) is 111 Å². The molecule has 11 nitrogen and oxygen atoms in total. The van der Waals surface area contributed by atoms with Crippen LogP contribution in [0.1, 0.15) is 26.7 Å². The smallest absolute Gasteiger partial charge is 1.00 e. The Morgan fingerprint density at radius 3 is 1.24 bits per heavy atom. The molecule has 0 spiro atoms. The van der Waals surface area contributed by atoms with Crippen LogP contribution in [-0.4, -0.2) is 110 Å². The Balaban J connectivity index is -0.0000000319. The second kappa shape index (κ2) is 54.4. The van der Waals surface area contributed by atoms with Gasteiger partial charge in [-0.3, -0.25) is 9.08 Å². The van der Waals surface area contributed by atoms with Crippen molar-refractivity contribution < 1.29 is 90.1 Å². The van der Waals surface area contributed by atoms with Crippen molar-refractivity contribution in [1.82, 2.24) is 4.90 Å². The average molecular weight is 1230 g/mol. The van der Waals surface area contributed by atoms with Crippen molar-refractivity contribution in [3.8, 4) is 0 Å². The van der Waals surface area contributed by atoms with E-state index in [4.69, 9.17) is 24.4 Å². The third-order valence-electron chi connectivity index (χ3n) is 3.01. The van der Waals surface area contributed by atoms with Gasteiger partial charge in [-0.25, -0.2) is 13.0 Å². The first-order chi connectivity index (χ1) is 16.1. The van der Waals surface area contributed by atoms with Gasteiger partial charge in [0.25, 0.3) is 0 Å². The van der Waals surface area contributed by atoms with Crippen molar-refractivity contribution in [3.05, 3.63) is 14.9 Å². The Hall–Kier alpha value is 4.96. The van der Waals surface area contributed by atoms with Gasteiger partial charge in [-0.2, -0.15) is 7.11 Å². The number of rotatable bonds is 6. The summed E-state index contributed by atoms with van der Waals surface area (Å²) in [5, 5.41) is 15.2. The first-order valence-corrected chi connectivity index (χ1v) is 32.8. The Bertz CT molecular complexity index is 509. The minimum absolute atomic E-state index is 0. The van der Waals surface area contributed by atoms with Crippen molar-refractivity contribution in [2.45, 2.75) is 32.6 Å². The summed E-state index contributed by atoms with van der Waals surface area (Å²) in [4.78, 5) is 1.63. The second-order valence-electron chi connectivity index (χ2n) is 5.05. The monoisotopic (exact) mass is 1230 g/mol. The zero-order valence-corrected chi connectivity index (χ0v) is 41.6. The van der Waals surface area contributed by atoms with Crippen molar-refractivity contribution in [2.24, 2.45) is 0 Å². The second-order valence-corrected chi connectivity index (χ2v) is 53.4. The number of aliphatic hydroxyl groups is 1. The molecule has 0 aliphatic rings. The molecule has 1 N–H and O–H groups in total. The number of aliphatic hydroxyl groups excluding tert-OH is 1. The van der Waals surface area contributed by atoms with E-state index in [1.165, 1.54) is 0 Å². The Morgan fingerprint density at radius 2 is 1.24 bits per heavy atom. The van der Waals surface area contributed by atoms with Crippen molar-refractivity contribution in [1.29, 1.82) is 0 Å². The number of hydrogen-bond donors (Lipinski definition) is 1. The van der Waals surface area contributed by atoms with Crippen molar-refractivity contribution >= 4 is 116 Å². The third-order valence-corrected chi connectivity index (χ3v) is 3.42. The summed E-state index contributed by atoms with van der Waals surface area (Å²) in [5.41, 5.74) is 0. The Kier molecular flexibility index (Phi) is 99.7. The molecule has 0 heterocycles.